The number of hydrogen-bond donors (Lipinski definition) is 1. The summed E-state index contributed by atoms with van der Waals surface area (Å²) in [6, 6.07) is 8.21. The van der Waals surface area contributed by atoms with Crippen LogP contribution in [-0.4, -0.2) is 42.2 Å². The van der Waals surface area contributed by atoms with E-state index in [0.717, 1.165) is 31.8 Å². The lowest BCUT2D eigenvalue weighted by molar-refractivity contribution is -0.213. The van der Waals surface area contributed by atoms with Gasteiger partial charge >= 0.3 is 0 Å². The van der Waals surface area contributed by atoms with Crippen LogP contribution >= 0.6 is 0 Å². The molecule has 24 heavy (non-hydrogen) atoms. The second kappa shape index (κ2) is 7.85. The third-order valence-corrected chi connectivity index (χ3v) is 5.09. The van der Waals surface area contributed by atoms with E-state index in [1.807, 2.05) is 26.0 Å². The SMILES string of the molecule is CCc1cccc(OCCC(OC(C)(C)C(C)(C)O)C2COC2)c1. The molecule has 1 fully saturated rings. The van der Waals surface area contributed by atoms with E-state index in [0.29, 0.717) is 12.5 Å². The van der Waals surface area contributed by atoms with E-state index in [4.69, 9.17) is 14.2 Å². The zero-order chi connectivity index (χ0) is 17.8. The van der Waals surface area contributed by atoms with E-state index in [1.165, 1.54) is 5.56 Å². The van der Waals surface area contributed by atoms with Crippen molar-refractivity contribution in [2.45, 2.75) is 64.8 Å². The van der Waals surface area contributed by atoms with Crippen LogP contribution in [0.25, 0.3) is 0 Å². The summed E-state index contributed by atoms with van der Waals surface area (Å²) in [4.78, 5) is 0. The van der Waals surface area contributed by atoms with Gasteiger partial charge in [-0.05, 0) is 51.8 Å². The normalized spacial score (nSPS) is 17.4. The monoisotopic (exact) mass is 336 g/mol. The molecular weight excluding hydrogens is 304 g/mol. The van der Waals surface area contributed by atoms with Gasteiger partial charge in [-0.25, -0.2) is 0 Å². The highest BCUT2D eigenvalue weighted by Crippen LogP contribution is 2.31. The molecule has 1 aliphatic rings. The van der Waals surface area contributed by atoms with Gasteiger partial charge in [-0.3, -0.25) is 0 Å². The zero-order valence-electron chi connectivity index (χ0n) is 15.7. The van der Waals surface area contributed by atoms with Crippen LogP contribution in [-0.2, 0) is 15.9 Å². The third-order valence-electron chi connectivity index (χ3n) is 5.09. The summed E-state index contributed by atoms with van der Waals surface area (Å²) in [5, 5.41) is 10.3. The Hall–Kier alpha value is -1.10. The predicted molar refractivity (Wildman–Crippen MR) is 95.5 cm³/mol. The number of hydrogen-bond acceptors (Lipinski definition) is 4. The fourth-order valence-corrected chi connectivity index (χ4v) is 2.53. The maximum absolute atomic E-state index is 10.3. The van der Waals surface area contributed by atoms with Crippen molar-refractivity contribution >= 4 is 0 Å². The first-order chi connectivity index (χ1) is 11.2. The summed E-state index contributed by atoms with van der Waals surface area (Å²) in [7, 11) is 0. The molecule has 0 radical (unpaired) electrons. The molecule has 0 saturated carbocycles. The van der Waals surface area contributed by atoms with Crippen LogP contribution in [0, 0.1) is 5.92 Å². The highest BCUT2D eigenvalue weighted by molar-refractivity contribution is 5.28. The Labute approximate surface area is 146 Å². The van der Waals surface area contributed by atoms with Crippen molar-refractivity contribution in [3.05, 3.63) is 29.8 Å². The number of ether oxygens (including phenoxy) is 3. The number of aryl methyl sites for hydroxylation is 1. The van der Waals surface area contributed by atoms with Crippen LogP contribution in [0.1, 0.15) is 46.6 Å². The molecule has 1 aromatic rings. The van der Waals surface area contributed by atoms with E-state index in [1.54, 1.807) is 13.8 Å². The lowest BCUT2D eigenvalue weighted by Crippen LogP contribution is -2.52. The quantitative estimate of drug-likeness (QED) is 0.748. The third kappa shape index (κ3) is 4.95. The van der Waals surface area contributed by atoms with Gasteiger partial charge in [0.25, 0.3) is 0 Å². The van der Waals surface area contributed by atoms with Crippen LogP contribution in [0.15, 0.2) is 24.3 Å². The standard InChI is InChI=1S/C20H32O4/c1-6-15-8-7-9-17(12-15)23-11-10-18(16-13-22-14-16)24-20(4,5)19(2,3)21/h7-9,12,16,18,21H,6,10-11,13-14H2,1-5H3. The summed E-state index contributed by atoms with van der Waals surface area (Å²) in [6.07, 6.45) is 1.81. The predicted octanol–water partition coefficient (Wildman–Crippen LogP) is 3.60. The van der Waals surface area contributed by atoms with Gasteiger partial charge in [0, 0.05) is 12.3 Å². The van der Waals surface area contributed by atoms with E-state index in [2.05, 4.69) is 19.1 Å². The first-order valence-electron chi connectivity index (χ1n) is 8.92. The number of rotatable bonds is 9. The van der Waals surface area contributed by atoms with Crippen molar-refractivity contribution < 1.29 is 19.3 Å². The molecule has 0 spiro atoms. The van der Waals surface area contributed by atoms with Crippen molar-refractivity contribution in [1.29, 1.82) is 0 Å². The van der Waals surface area contributed by atoms with Gasteiger partial charge in [-0.2, -0.15) is 0 Å². The van der Waals surface area contributed by atoms with Gasteiger partial charge in [0.2, 0.25) is 0 Å². The van der Waals surface area contributed by atoms with E-state index in [-0.39, 0.29) is 6.10 Å². The molecule has 1 N–H and O–H groups in total. The molecule has 0 bridgehead atoms. The molecular formula is C20H32O4. The van der Waals surface area contributed by atoms with Crippen LogP contribution in [0.2, 0.25) is 0 Å². The fraction of sp³-hybridized carbons (Fsp3) is 0.700. The summed E-state index contributed by atoms with van der Waals surface area (Å²) in [5.41, 5.74) is -0.266. The molecule has 4 nitrogen and oxygen atoms in total. The molecule has 4 heteroatoms. The maximum Gasteiger partial charge on any atom is 0.119 e. The highest BCUT2D eigenvalue weighted by atomic mass is 16.5. The number of benzene rings is 1. The average molecular weight is 336 g/mol. The molecule has 1 heterocycles. The summed E-state index contributed by atoms with van der Waals surface area (Å²) in [6.45, 7) is 11.6. The van der Waals surface area contributed by atoms with Crippen molar-refractivity contribution in [3.63, 3.8) is 0 Å². The van der Waals surface area contributed by atoms with Gasteiger partial charge in [-0.15, -0.1) is 0 Å². The van der Waals surface area contributed by atoms with E-state index >= 15 is 0 Å². The van der Waals surface area contributed by atoms with Crippen LogP contribution in [0.3, 0.4) is 0 Å². The van der Waals surface area contributed by atoms with Crippen molar-refractivity contribution in [2.75, 3.05) is 19.8 Å². The van der Waals surface area contributed by atoms with Gasteiger partial charge < -0.3 is 19.3 Å². The second-order valence-corrected chi connectivity index (χ2v) is 7.66. The Balaban J connectivity index is 1.92. The topological polar surface area (TPSA) is 47.9 Å². The highest BCUT2D eigenvalue weighted by Gasteiger charge is 2.41. The Kier molecular flexibility index (Phi) is 6.29. The molecule has 1 saturated heterocycles. The molecule has 2 rings (SSSR count). The first-order valence-corrected chi connectivity index (χ1v) is 8.92. The molecule has 136 valence electrons. The Bertz CT molecular complexity index is 515. The number of aliphatic hydroxyl groups is 1. The van der Waals surface area contributed by atoms with E-state index < -0.39 is 11.2 Å². The first kappa shape index (κ1) is 19.2. The minimum Gasteiger partial charge on any atom is -0.493 e. The molecule has 1 unspecified atom stereocenters. The van der Waals surface area contributed by atoms with Gasteiger partial charge in [0.15, 0.2) is 0 Å². The summed E-state index contributed by atoms with van der Waals surface area (Å²) in [5.74, 6) is 1.27. The molecule has 1 aliphatic heterocycles. The van der Waals surface area contributed by atoms with Crippen molar-refractivity contribution in [1.82, 2.24) is 0 Å². The van der Waals surface area contributed by atoms with E-state index in [9.17, 15) is 5.11 Å². The van der Waals surface area contributed by atoms with Crippen LogP contribution in [0.4, 0.5) is 0 Å². The molecule has 0 amide bonds. The van der Waals surface area contributed by atoms with Gasteiger partial charge in [0.1, 0.15) is 5.75 Å². The van der Waals surface area contributed by atoms with Gasteiger partial charge in [-0.1, -0.05) is 19.1 Å². The largest absolute Gasteiger partial charge is 0.493 e. The van der Waals surface area contributed by atoms with Crippen LogP contribution in [0.5, 0.6) is 5.75 Å². The fourth-order valence-electron chi connectivity index (χ4n) is 2.53. The van der Waals surface area contributed by atoms with Crippen molar-refractivity contribution in [3.8, 4) is 5.75 Å². The Morgan fingerprint density at radius 2 is 1.96 bits per heavy atom. The van der Waals surface area contributed by atoms with Gasteiger partial charge in [0.05, 0.1) is 37.1 Å². The molecule has 0 aliphatic carbocycles. The Morgan fingerprint density at radius 1 is 1.25 bits per heavy atom. The Morgan fingerprint density at radius 3 is 2.50 bits per heavy atom. The maximum atomic E-state index is 10.3. The lowest BCUT2D eigenvalue weighted by Gasteiger charge is -2.43. The average Bonchev–Trinajstić information content (AvgIpc) is 2.44. The minimum absolute atomic E-state index is 0.0227. The lowest BCUT2D eigenvalue weighted by atomic mass is 9.88. The van der Waals surface area contributed by atoms with Crippen LogP contribution < -0.4 is 4.74 Å². The second-order valence-electron chi connectivity index (χ2n) is 7.66. The summed E-state index contributed by atoms with van der Waals surface area (Å²) < 4.78 is 17.5. The molecule has 1 atom stereocenters. The van der Waals surface area contributed by atoms with Crippen molar-refractivity contribution in [2.24, 2.45) is 5.92 Å². The zero-order valence-corrected chi connectivity index (χ0v) is 15.7. The summed E-state index contributed by atoms with van der Waals surface area (Å²) >= 11 is 0. The molecule has 0 aromatic heterocycles. The minimum atomic E-state index is -0.911. The smallest absolute Gasteiger partial charge is 0.119 e. The molecule has 1 aromatic carbocycles.